The number of nitro groups is 1. The summed E-state index contributed by atoms with van der Waals surface area (Å²) in [5.41, 5.74) is -4.86. The van der Waals surface area contributed by atoms with Crippen molar-refractivity contribution < 1.29 is 85.9 Å². The Hall–Kier alpha value is -6.65. The van der Waals surface area contributed by atoms with Crippen molar-refractivity contribution in [2.45, 2.75) is 75.0 Å². The van der Waals surface area contributed by atoms with Crippen molar-refractivity contribution in [3.05, 3.63) is 97.6 Å². The number of fused-ring (bicyclic) bond motifs is 3. The number of carbonyl (C=O) groups excluding carboxylic acids is 6. The molecule has 2 amide bonds. The number of aliphatic hydroxyl groups is 1. The van der Waals surface area contributed by atoms with Gasteiger partial charge in [-0.2, -0.15) is 13.2 Å². The van der Waals surface area contributed by atoms with Gasteiger partial charge in [-0.05, 0) is 19.1 Å². The molecule has 1 heterocycles. The minimum Gasteiger partial charge on any atom is -0.507 e. The van der Waals surface area contributed by atoms with Crippen LogP contribution < -0.4 is 10.6 Å². The highest BCUT2D eigenvalue weighted by molar-refractivity contribution is 6.30. The van der Waals surface area contributed by atoms with Crippen LogP contribution in [-0.4, -0.2) is 112 Å². The van der Waals surface area contributed by atoms with Gasteiger partial charge < -0.3 is 49.6 Å². The number of hydrogen-bond donors (Lipinski definition) is 5. The summed E-state index contributed by atoms with van der Waals surface area (Å²) in [4.78, 5) is 87.1. The number of halogens is 3. The number of alkyl carbamates (subject to hydrolysis) is 1. The Kier molecular flexibility index (Phi) is 12.3. The molecule has 19 nitrogen and oxygen atoms in total. The molecule has 0 saturated carbocycles. The minimum atomic E-state index is -5.42. The zero-order valence-electron chi connectivity index (χ0n) is 32.0. The Morgan fingerprint density at radius 3 is 2.21 bits per heavy atom. The molecule has 324 valence electrons. The molecule has 3 aromatic carbocycles. The third-order valence-electron chi connectivity index (χ3n) is 10.3. The monoisotopic (exact) mass is 859 g/mol. The van der Waals surface area contributed by atoms with E-state index in [1.54, 1.807) is 5.32 Å². The number of nitro benzene ring substituents is 1. The molecule has 0 radical (unpaired) electrons. The number of ether oxygens (including phenoxy) is 5. The molecule has 0 aromatic heterocycles. The maximum absolute atomic E-state index is 13.8. The van der Waals surface area contributed by atoms with Crippen LogP contribution in [0.3, 0.4) is 0 Å². The van der Waals surface area contributed by atoms with Crippen molar-refractivity contribution in [1.29, 1.82) is 0 Å². The van der Waals surface area contributed by atoms with E-state index < -0.39 is 131 Å². The molecular formula is C39H36F3N3O16. The molecule has 22 heteroatoms. The average Bonchev–Trinajstić information content (AvgIpc) is 3.21. The summed E-state index contributed by atoms with van der Waals surface area (Å²) >= 11 is 0. The molecule has 0 bridgehead atoms. The number of rotatable bonds is 11. The lowest BCUT2D eigenvalue weighted by Crippen LogP contribution is -2.58. The molecule has 1 aliphatic heterocycles. The lowest BCUT2D eigenvalue weighted by Gasteiger charge is -2.44. The summed E-state index contributed by atoms with van der Waals surface area (Å²) in [6, 6.07) is 7.95. The first-order valence-electron chi connectivity index (χ1n) is 18.4. The number of aromatic hydroxyl groups is 2. The van der Waals surface area contributed by atoms with Crippen LogP contribution in [0.25, 0.3) is 0 Å². The Labute approximate surface area is 341 Å². The first kappa shape index (κ1) is 43.9. The predicted molar refractivity (Wildman–Crippen MR) is 195 cm³/mol. The SMILES string of the molecule is COC(=O)CCNC(=O)OCC1(O)Cc2c(O)c3c(c(O)c2[C@@H](O[C@H]2C[C@H](NC(=O)C(F)(F)F)[C@@H](OC(=O)c4ccc([N+](=O)[O-])cc4)[C@@H](C)O2)C1)C(=O)c1ccccc1C3=O. The number of carbonyl (C=O) groups is 6. The van der Waals surface area contributed by atoms with E-state index in [2.05, 4.69) is 10.1 Å². The number of nitrogens with zero attached hydrogens (tertiary/aromatic N) is 1. The summed E-state index contributed by atoms with van der Waals surface area (Å²) in [5, 5.41) is 50.5. The Bertz CT molecular complexity index is 2300. The van der Waals surface area contributed by atoms with Gasteiger partial charge in [0.15, 0.2) is 17.9 Å². The van der Waals surface area contributed by atoms with Crippen molar-refractivity contribution in [3.63, 3.8) is 0 Å². The summed E-state index contributed by atoms with van der Waals surface area (Å²) in [7, 11) is 1.14. The lowest BCUT2D eigenvalue weighted by atomic mass is 9.73. The Morgan fingerprint density at radius 2 is 1.62 bits per heavy atom. The van der Waals surface area contributed by atoms with E-state index in [9.17, 15) is 67.4 Å². The zero-order chi connectivity index (χ0) is 44.6. The largest absolute Gasteiger partial charge is 0.507 e. The number of alkyl halides is 3. The van der Waals surface area contributed by atoms with Gasteiger partial charge in [-0.1, -0.05) is 24.3 Å². The summed E-state index contributed by atoms with van der Waals surface area (Å²) in [6.07, 6.45) is -15.0. The molecule has 0 spiro atoms. The molecule has 5 N–H and O–H groups in total. The molecule has 6 rings (SSSR count). The second-order valence-corrected chi connectivity index (χ2v) is 14.4. The van der Waals surface area contributed by atoms with E-state index in [1.165, 1.54) is 31.2 Å². The molecule has 2 aliphatic carbocycles. The van der Waals surface area contributed by atoms with E-state index in [4.69, 9.17) is 18.9 Å². The number of non-ortho nitro benzene ring substituents is 1. The van der Waals surface area contributed by atoms with Crippen LogP contribution in [0.2, 0.25) is 0 Å². The summed E-state index contributed by atoms with van der Waals surface area (Å²) < 4.78 is 68.0. The van der Waals surface area contributed by atoms with Crippen LogP contribution in [0.1, 0.15) is 85.6 Å². The quantitative estimate of drug-likeness (QED) is 0.0476. The number of phenolic OH excluding ortho intramolecular Hbond substituents is 2. The van der Waals surface area contributed by atoms with E-state index in [0.29, 0.717) is 0 Å². The van der Waals surface area contributed by atoms with Crippen LogP contribution >= 0.6 is 0 Å². The predicted octanol–water partition coefficient (Wildman–Crippen LogP) is 3.21. The highest BCUT2D eigenvalue weighted by Crippen LogP contribution is 2.52. The third kappa shape index (κ3) is 9.10. The number of esters is 2. The number of nitrogens with one attached hydrogen (secondary N) is 2. The van der Waals surface area contributed by atoms with Crippen molar-refractivity contribution in [3.8, 4) is 11.5 Å². The zero-order valence-corrected chi connectivity index (χ0v) is 32.0. The van der Waals surface area contributed by atoms with Crippen LogP contribution in [0, 0.1) is 10.1 Å². The number of methoxy groups -OCH3 is 1. The maximum Gasteiger partial charge on any atom is 0.471 e. The number of amides is 2. The van der Waals surface area contributed by atoms with Gasteiger partial charge in [-0.25, -0.2) is 9.59 Å². The van der Waals surface area contributed by atoms with Crippen LogP contribution in [-0.2, 0) is 39.7 Å². The highest BCUT2D eigenvalue weighted by Gasteiger charge is 2.50. The second-order valence-electron chi connectivity index (χ2n) is 14.4. The van der Waals surface area contributed by atoms with Gasteiger partial charge in [-0.15, -0.1) is 0 Å². The second kappa shape index (κ2) is 17.1. The molecule has 61 heavy (non-hydrogen) atoms. The fraction of sp³-hybridized carbons (Fsp3) is 0.385. The van der Waals surface area contributed by atoms with Gasteiger partial charge in [-0.3, -0.25) is 29.3 Å². The third-order valence-corrected chi connectivity index (χ3v) is 10.3. The smallest absolute Gasteiger partial charge is 0.471 e. The van der Waals surface area contributed by atoms with E-state index >= 15 is 0 Å². The van der Waals surface area contributed by atoms with Crippen molar-refractivity contribution in [1.82, 2.24) is 10.6 Å². The van der Waals surface area contributed by atoms with Crippen LogP contribution in [0.4, 0.5) is 23.7 Å². The van der Waals surface area contributed by atoms with Crippen molar-refractivity contribution in [2.75, 3.05) is 20.3 Å². The first-order valence-corrected chi connectivity index (χ1v) is 18.4. The van der Waals surface area contributed by atoms with Gasteiger partial charge >= 0.3 is 30.1 Å². The standard InChI is InChI=1S/C39H36F3N3O16/c1-17-34(61-35(51)18-7-9-19(10-8-18)45(55)56)23(44-36(52)39(40,41)42)13-26(59-17)60-24-15-38(54,16-58-37(53)43-12-11-25(46)57-2)14-22-27(24)33(50)29-28(32(22)49)30(47)20-5-3-4-6-21(20)31(29)48/h3-10,17,23-24,26,34,49-50,54H,11-16H2,1-2H3,(H,43,53)(H,44,52)/t17-,23+,24+,26+,34+,38?/m1/s1. The molecule has 3 aliphatic rings. The fourth-order valence-electron chi connectivity index (χ4n) is 7.40. The lowest BCUT2D eigenvalue weighted by molar-refractivity contribution is -0.384. The maximum atomic E-state index is 13.8. The molecule has 1 saturated heterocycles. The molecule has 1 fully saturated rings. The van der Waals surface area contributed by atoms with Crippen molar-refractivity contribution >= 4 is 41.2 Å². The molecular weight excluding hydrogens is 823 g/mol. The number of benzene rings is 3. The molecule has 6 atom stereocenters. The molecule has 3 aromatic rings. The van der Waals surface area contributed by atoms with Crippen molar-refractivity contribution in [2.24, 2.45) is 0 Å². The minimum absolute atomic E-state index is 0.0964. The van der Waals surface area contributed by atoms with Gasteiger partial charge in [0.25, 0.3) is 5.69 Å². The van der Waals surface area contributed by atoms with Gasteiger partial charge in [0.1, 0.15) is 29.8 Å². The number of hydrogen-bond acceptors (Lipinski definition) is 16. The van der Waals surface area contributed by atoms with Gasteiger partial charge in [0.05, 0.1) is 53.4 Å². The summed E-state index contributed by atoms with van der Waals surface area (Å²) in [5.74, 6) is -7.61. The van der Waals surface area contributed by atoms with E-state index in [1.807, 2.05) is 0 Å². The van der Waals surface area contributed by atoms with E-state index in [0.717, 1.165) is 31.4 Å². The Balaban J connectivity index is 1.33. The fourth-order valence-corrected chi connectivity index (χ4v) is 7.40. The number of phenols is 2. The van der Waals surface area contributed by atoms with Crippen LogP contribution in [0.15, 0.2) is 48.5 Å². The van der Waals surface area contributed by atoms with Gasteiger partial charge in [0.2, 0.25) is 0 Å². The Morgan fingerprint density at radius 1 is 1.00 bits per heavy atom. The van der Waals surface area contributed by atoms with Crippen LogP contribution in [0.5, 0.6) is 11.5 Å². The normalized spacial score (nSPS) is 23.1. The topological polar surface area (TPSA) is 276 Å². The summed E-state index contributed by atoms with van der Waals surface area (Å²) in [6.45, 7) is 0.204. The van der Waals surface area contributed by atoms with Gasteiger partial charge in [0, 0.05) is 60.2 Å². The van der Waals surface area contributed by atoms with E-state index in [-0.39, 0.29) is 46.5 Å². The first-order chi connectivity index (χ1) is 28.7. The highest BCUT2D eigenvalue weighted by atomic mass is 19.4. The molecule has 1 unspecified atom stereocenters. The number of ketones is 2. The average molecular weight is 860 g/mol.